The Bertz CT molecular complexity index is 1450. The van der Waals surface area contributed by atoms with Gasteiger partial charge in [0.25, 0.3) is 17.7 Å². The van der Waals surface area contributed by atoms with Gasteiger partial charge in [-0.25, -0.2) is 14.1 Å². The zero-order valence-corrected chi connectivity index (χ0v) is 21.8. The van der Waals surface area contributed by atoms with Crippen LogP contribution < -0.4 is 25.0 Å². The number of amides is 5. The molecule has 5 amide bonds. The van der Waals surface area contributed by atoms with E-state index in [0.717, 1.165) is 10.5 Å². The van der Waals surface area contributed by atoms with Gasteiger partial charge in [0.15, 0.2) is 18.1 Å². The molecule has 2 N–H and O–H groups in total. The van der Waals surface area contributed by atoms with Crippen molar-refractivity contribution in [2.75, 3.05) is 23.9 Å². The van der Waals surface area contributed by atoms with Crippen molar-refractivity contribution in [1.29, 1.82) is 0 Å². The number of hydrogen-bond acceptors (Lipinski definition) is 6. The lowest BCUT2D eigenvalue weighted by Gasteiger charge is -2.26. The smallest absolute Gasteiger partial charge is 0.335 e. The van der Waals surface area contributed by atoms with Crippen molar-refractivity contribution >= 4 is 57.1 Å². The number of carbonyl (C=O) groups excluding carboxylic acids is 4. The number of methoxy groups -OCH3 is 1. The summed E-state index contributed by atoms with van der Waals surface area (Å²) in [5.74, 6) is -2.10. The quantitative estimate of drug-likeness (QED) is 0.311. The molecular formula is C27H21BrFN3O6. The van der Waals surface area contributed by atoms with E-state index in [9.17, 15) is 23.6 Å². The Labute approximate surface area is 225 Å². The standard InChI is InChI=1S/C27H21BrFN3O6/c1-15-3-9-19(10-4-15)32-26(35)20(25(34)31-27(32)36)11-16-12-21(28)24(22(13-16)37-2)38-14-23(33)30-18-7-5-17(29)6-8-18/h3-13H,14H2,1-2H3,(H,30,33)(H,31,34,36)/b20-11+. The number of benzene rings is 3. The number of nitrogens with zero attached hydrogens (tertiary/aromatic N) is 1. The van der Waals surface area contributed by atoms with Gasteiger partial charge in [-0.15, -0.1) is 0 Å². The Kier molecular flexibility index (Phi) is 7.87. The minimum atomic E-state index is -0.845. The van der Waals surface area contributed by atoms with Crippen molar-refractivity contribution in [3.05, 3.63) is 87.7 Å². The molecule has 0 bridgehead atoms. The van der Waals surface area contributed by atoms with Crippen LogP contribution in [0.5, 0.6) is 11.5 Å². The highest BCUT2D eigenvalue weighted by Crippen LogP contribution is 2.37. The highest BCUT2D eigenvalue weighted by Gasteiger charge is 2.36. The minimum absolute atomic E-state index is 0.208. The van der Waals surface area contributed by atoms with Gasteiger partial charge in [0.2, 0.25) is 0 Å². The van der Waals surface area contributed by atoms with Crippen LogP contribution >= 0.6 is 15.9 Å². The Balaban J connectivity index is 1.55. The van der Waals surface area contributed by atoms with E-state index in [1.165, 1.54) is 43.5 Å². The second-order valence-electron chi connectivity index (χ2n) is 8.17. The maximum Gasteiger partial charge on any atom is 0.335 e. The van der Waals surface area contributed by atoms with Crippen LogP contribution in [-0.4, -0.2) is 37.5 Å². The number of hydrogen-bond donors (Lipinski definition) is 2. The lowest BCUT2D eigenvalue weighted by molar-refractivity contribution is -0.122. The summed E-state index contributed by atoms with van der Waals surface area (Å²) in [7, 11) is 1.39. The maximum atomic E-state index is 13.1. The van der Waals surface area contributed by atoms with Crippen LogP contribution in [0.3, 0.4) is 0 Å². The Morgan fingerprint density at radius 1 is 1.08 bits per heavy atom. The first-order valence-electron chi connectivity index (χ1n) is 11.2. The van der Waals surface area contributed by atoms with Gasteiger partial charge >= 0.3 is 6.03 Å². The summed E-state index contributed by atoms with van der Waals surface area (Å²) in [6.45, 7) is 1.49. The fourth-order valence-corrected chi connectivity index (χ4v) is 4.16. The Morgan fingerprint density at radius 2 is 1.76 bits per heavy atom. The molecule has 0 saturated carbocycles. The van der Waals surface area contributed by atoms with Crippen molar-refractivity contribution in [2.24, 2.45) is 0 Å². The molecular weight excluding hydrogens is 561 g/mol. The Hall–Kier alpha value is -4.51. The van der Waals surface area contributed by atoms with Crippen molar-refractivity contribution in [3.63, 3.8) is 0 Å². The Morgan fingerprint density at radius 3 is 2.42 bits per heavy atom. The summed E-state index contributed by atoms with van der Waals surface area (Å²) in [5.41, 5.74) is 1.80. The summed E-state index contributed by atoms with van der Waals surface area (Å²) in [6.07, 6.45) is 1.32. The van der Waals surface area contributed by atoms with Crippen LogP contribution in [0.2, 0.25) is 0 Å². The first-order valence-corrected chi connectivity index (χ1v) is 12.0. The fourth-order valence-electron chi connectivity index (χ4n) is 3.58. The average Bonchev–Trinajstić information content (AvgIpc) is 2.88. The predicted molar refractivity (Wildman–Crippen MR) is 141 cm³/mol. The molecule has 11 heteroatoms. The largest absolute Gasteiger partial charge is 0.493 e. The topological polar surface area (TPSA) is 114 Å². The molecule has 0 radical (unpaired) electrons. The van der Waals surface area contributed by atoms with Crippen LogP contribution in [0.4, 0.5) is 20.6 Å². The number of urea groups is 1. The molecule has 1 aliphatic rings. The van der Waals surface area contributed by atoms with E-state index >= 15 is 0 Å². The van der Waals surface area contributed by atoms with E-state index in [0.29, 0.717) is 21.4 Å². The van der Waals surface area contributed by atoms with Gasteiger partial charge in [0, 0.05) is 5.69 Å². The number of imide groups is 2. The maximum absolute atomic E-state index is 13.1. The van der Waals surface area contributed by atoms with E-state index in [4.69, 9.17) is 9.47 Å². The van der Waals surface area contributed by atoms with Crippen molar-refractivity contribution < 1.29 is 33.0 Å². The highest BCUT2D eigenvalue weighted by atomic mass is 79.9. The fraction of sp³-hybridized carbons (Fsp3) is 0.111. The summed E-state index contributed by atoms with van der Waals surface area (Å²) in [5, 5.41) is 4.77. The van der Waals surface area contributed by atoms with Gasteiger partial charge < -0.3 is 14.8 Å². The zero-order valence-electron chi connectivity index (χ0n) is 20.2. The van der Waals surface area contributed by atoms with Gasteiger partial charge in [-0.2, -0.15) is 0 Å². The number of carbonyl (C=O) groups is 4. The first-order chi connectivity index (χ1) is 18.2. The third-order valence-electron chi connectivity index (χ3n) is 5.43. The number of ether oxygens (including phenoxy) is 2. The van der Waals surface area contributed by atoms with E-state index in [1.807, 2.05) is 6.92 Å². The summed E-state index contributed by atoms with van der Waals surface area (Å²) < 4.78 is 24.4. The zero-order chi connectivity index (χ0) is 27.4. The van der Waals surface area contributed by atoms with E-state index in [2.05, 4.69) is 26.6 Å². The molecule has 1 aliphatic heterocycles. The third kappa shape index (κ3) is 5.89. The number of halogens is 2. The van der Waals surface area contributed by atoms with Crippen molar-refractivity contribution in [1.82, 2.24) is 5.32 Å². The van der Waals surface area contributed by atoms with Gasteiger partial charge in [-0.1, -0.05) is 17.7 Å². The molecule has 3 aromatic carbocycles. The molecule has 194 valence electrons. The molecule has 1 saturated heterocycles. The SMILES string of the molecule is COc1cc(/C=C2\C(=O)NC(=O)N(c3ccc(C)cc3)C2=O)cc(Br)c1OCC(=O)Nc1ccc(F)cc1. The molecule has 0 unspecified atom stereocenters. The lowest BCUT2D eigenvalue weighted by atomic mass is 10.1. The number of anilines is 2. The van der Waals surface area contributed by atoms with Crippen LogP contribution in [0.25, 0.3) is 6.08 Å². The molecule has 1 heterocycles. The average molecular weight is 582 g/mol. The molecule has 3 aromatic rings. The normalized spacial score (nSPS) is 14.4. The van der Waals surface area contributed by atoms with Crippen LogP contribution in [0.1, 0.15) is 11.1 Å². The molecule has 0 atom stereocenters. The van der Waals surface area contributed by atoms with Crippen LogP contribution in [-0.2, 0) is 14.4 Å². The molecule has 0 aliphatic carbocycles. The second kappa shape index (κ2) is 11.3. The van der Waals surface area contributed by atoms with Gasteiger partial charge in [-0.05, 0) is 83.0 Å². The van der Waals surface area contributed by atoms with Crippen molar-refractivity contribution in [3.8, 4) is 11.5 Å². The highest BCUT2D eigenvalue weighted by molar-refractivity contribution is 9.10. The van der Waals surface area contributed by atoms with E-state index < -0.39 is 29.6 Å². The summed E-state index contributed by atoms with van der Waals surface area (Å²) >= 11 is 3.37. The minimum Gasteiger partial charge on any atom is -0.493 e. The monoisotopic (exact) mass is 581 g/mol. The summed E-state index contributed by atoms with van der Waals surface area (Å²) in [4.78, 5) is 51.2. The first kappa shape index (κ1) is 26.6. The molecule has 9 nitrogen and oxygen atoms in total. The van der Waals surface area contributed by atoms with Crippen LogP contribution in [0.15, 0.2) is 70.7 Å². The predicted octanol–water partition coefficient (Wildman–Crippen LogP) is 4.59. The van der Waals surface area contributed by atoms with Gasteiger partial charge in [-0.3, -0.25) is 19.7 Å². The second-order valence-corrected chi connectivity index (χ2v) is 9.03. The lowest BCUT2D eigenvalue weighted by Crippen LogP contribution is -2.54. The van der Waals surface area contributed by atoms with Gasteiger partial charge in [0.05, 0.1) is 17.3 Å². The number of rotatable bonds is 7. The molecule has 0 spiro atoms. The summed E-state index contributed by atoms with van der Waals surface area (Å²) in [6, 6.07) is 14.2. The molecule has 0 aromatic heterocycles. The third-order valence-corrected chi connectivity index (χ3v) is 6.02. The van der Waals surface area contributed by atoms with Gasteiger partial charge in [0.1, 0.15) is 11.4 Å². The van der Waals surface area contributed by atoms with Crippen LogP contribution in [0, 0.1) is 12.7 Å². The molecule has 1 fully saturated rings. The van der Waals surface area contributed by atoms with Crippen molar-refractivity contribution in [2.45, 2.75) is 6.92 Å². The number of nitrogens with one attached hydrogen (secondary N) is 2. The molecule has 4 rings (SSSR count). The van der Waals surface area contributed by atoms with E-state index in [1.54, 1.807) is 30.3 Å². The van der Waals surface area contributed by atoms with E-state index in [-0.39, 0.29) is 23.7 Å². The molecule has 38 heavy (non-hydrogen) atoms. The number of aryl methyl sites for hydroxylation is 1. The number of barbiturate groups is 1.